The number of anilines is 1. The highest BCUT2D eigenvalue weighted by molar-refractivity contribution is 6.06. The minimum Gasteiger partial charge on any atom is -0.329 e. The van der Waals surface area contributed by atoms with Crippen molar-refractivity contribution in [3.63, 3.8) is 0 Å². The molecule has 104 valence electrons. The van der Waals surface area contributed by atoms with Gasteiger partial charge < -0.3 is 10.6 Å². The molecule has 0 fully saturated rings. The van der Waals surface area contributed by atoms with E-state index in [2.05, 4.69) is 0 Å². The maximum atomic E-state index is 13.9. The van der Waals surface area contributed by atoms with Crippen molar-refractivity contribution in [1.82, 2.24) is 0 Å². The highest BCUT2D eigenvalue weighted by atomic mass is 19.1. The zero-order valence-electron chi connectivity index (χ0n) is 11.3. The summed E-state index contributed by atoms with van der Waals surface area (Å²) < 4.78 is 13.9. The van der Waals surface area contributed by atoms with Crippen LogP contribution < -0.4 is 10.6 Å². The molecule has 2 N–H and O–H groups in total. The molecule has 1 amide bonds. The maximum absolute atomic E-state index is 13.9. The van der Waals surface area contributed by atoms with Crippen LogP contribution in [0.25, 0.3) is 0 Å². The van der Waals surface area contributed by atoms with Gasteiger partial charge in [-0.05, 0) is 31.2 Å². The highest BCUT2D eigenvalue weighted by Crippen LogP contribution is 2.20. The zero-order chi connectivity index (χ0) is 14.5. The number of carbonyl (C=O) groups is 1. The molecule has 0 aliphatic heterocycles. The van der Waals surface area contributed by atoms with E-state index in [1.165, 1.54) is 11.0 Å². The predicted octanol–water partition coefficient (Wildman–Crippen LogP) is 2.74. The molecular weight excluding hydrogens is 255 g/mol. The van der Waals surface area contributed by atoms with Crippen LogP contribution in [0.1, 0.15) is 15.9 Å². The van der Waals surface area contributed by atoms with Gasteiger partial charge in [-0.15, -0.1) is 0 Å². The summed E-state index contributed by atoms with van der Waals surface area (Å²) in [7, 11) is 0. The summed E-state index contributed by atoms with van der Waals surface area (Å²) in [5.74, 6) is -0.679. The van der Waals surface area contributed by atoms with Crippen LogP contribution in [-0.4, -0.2) is 19.0 Å². The van der Waals surface area contributed by atoms with Crippen molar-refractivity contribution in [2.24, 2.45) is 5.73 Å². The summed E-state index contributed by atoms with van der Waals surface area (Å²) in [5.41, 5.74) is 7.38. The first-order valence-electron chi connectivity index (χ1n) is 6.46. The van der Waals surface area contributed by atoms with Gasteiger partial charge in [-0.1, -0.05) is 29.8 Å². The predicted molar refractivity (Wildman–Crippen MR) is 78.3 cm³/mol. The number of halogens is 1. The van der Waals surface area contributed by atoms with E-state index in [9.17, 15) is 9.18 Å². The molecule has 2 aromatic carbocycles. The molecule has 4 heteroatoms. The minimum absolute atomic E-state index is 0.249. The standard InChI is InChI=1S/C16H17FN2O/c1-12-6-8-13(9-7-12)16(20)19(11-10-18)15-5-3-2-4-14(15)17/h2-9H,10-11,18H2,1H3. The van der Waals surface area contributed by atoms with Crippen LogP contribution in [0, 0.1) is 12.7 Å². The SMILES string of the molecule is Cc1ccc(C(=O)N(CCN)c2ccccc2F)cc1. The molecule has 0 heterocycles. The van der Waals surface area contributed by atoms with E-state index < -0.39 is 5.82 Å². The van der Waals surface area contributed by atoms with E-state index in [-0.39, 0.29) is 24.7 Å². The van der Waals surface area contributed by atoms with Gasteiger partial charge in [-0.2, -0.15) is 0 Å². The third kappa shape index (κ3) is 3.03. The number of aryl methyl sites for hydroxylation is 1. The highest BCUT2D eigenvalue weighted by Gasteiger charge is 2.19. The van der Waals surface area contributed by atoms with Crippen molar-refractivity contribution in [2.75, 3.05) is 18.0 Å². The number of hydrogen-bond donors (Lipinski definition) is 1. The average Bonchev–Trinajstić information content (AvgIpc) is 2.46. The first-order valence-corrected chi connectivity index (χ1v) is 6.46. The Hall–Kier alpha value is -2.20. The van der Waals surface area contributed by atoms with Crippen molar-refractivity contribution >= 4 is 11.6 Å². The Labute approximate surface area is 117 Å². The van der Waals surface area contributed by atoms with Crippen LogP contribution in [0.3, 0.4) is 0 Å². The summed E-state index contributed by atoms with van der Waals surface area (Å²) in [6, 6.07) is 13.4. The molecule has 3 nitrogen and oxygen atoms in total. The number of amides is 1. The monoisotopic (exact) mass is 272 g/mol. The summed E-state index contributed by atoms with van der Waals surface area (Å²) in [6.07, 6.45) is 0. The average molecular weight is 272 g/mol. The van der Waals surface area contributed by atoms with E-state index >= 15 is 0 Å². The number of carbonyl (C=O) groups excluding carboxylic acids is 1. The van der Waals surface area contributed by atoms with Gasteiger partial charge in [0.1, 0.15) is 5.82 Å². The Bertz CT molecular complexity index is 596. The lowest BCUT2D eigenvalue weighted by molar-refractivity contribution is 0.0986. The van der Waals surface area contributed by atoms with Crippen LogP contribution in [0.2, 0.25) is 0 Å². The van der Waals surface area contributed by atoms with Crippen LogP contribution in [0.15, 0.2) is 48.5 Å². The van der Waals surface area contributed by atoms with Crippen LogP contribution in [-0.2, 0) is 0 Å². The summed E-state index contributed by atoms with van der Waals surface area (Å²) in [4.78, 5) is 13.9. The Morgan fingerprint density at radius 2 is 1.80 bits per heavy atom. The normalized spacial score (nSPS) is 10.3. The Balaban J connectivity index is 2.36. The topological polar surface area (TPSA) is 46.3 Å². The molecule has 0 bridgehead atoms. The molecule has 20 heavy (non-hydrogen) atoms. The van der Waals surface area contributed by atoms with E-state index in [0.29, 0.717) is 5.56 Å². The maximum Gasteiger partial charge on any atom is 0.258 e. The molecule has 0 aliphatic rings. The largest absolute Gasteiger partial charge is 0.329 e. The number of hydrogen-bond acceptors (Lipinski definition) is 2. The van der Waals surface area contributed by atoms with Gasteiger partial charge in [0, 0.05) is 18.7 Å². The third-order valence-electron chi connectivity index (χ3n) is 3.04. The fourth-order valence-electron chi connectivity index (χ4n) is 1.98. The lowest BCUT2D eigenvalue weighted by atomic mass is 10.1. The third-order valence-corrected chi connectivity index (χ3v) is 3.04. The molecule has 0 saturated carbocycles. The van der Waals surface area contributed by atoms with Crippen molar-refractivity contribution < 1.29 is 9.18 Å². The molecule has 0 unspecified atom stereocenters. The quantitative estimate of drug-likeness (QED) is 0.930. The van der Waals surface area contributed by atoms with Gasteiger partial charge in [0.25, 0.3) is 5.91 Å². The molecule has 2 aromatic rings. The van der Waals surface area contributed by atoms with Gasteiger partial charge in [-0.3, -0.25) is 4.79 Å². The number of para-hydroxylation sites is 1. The summed E-state index contributed by atoms with van der Waals surface area (Å²) in [5, 5.41) is 0. The van der Waals surface area contributed by atoms with Gasteiger partial charge in [0.2, 0.25) is 0 Å². The van der Waals surface area contributed by atoms with Crippen LogP contribution >= 0.6 is 0 Å². The first kappa shape index (κ1) is 14.2. The van der Waals surface area contributed by atoms with Crippen molar-refractivity contribution in [1.29, 1.82) is 0 Å². The van der Waals surface area contributed by atoms with Gasteiger partial charge >= 0.3 is 0 Å². The smallest absolute Gasteiger partial charge is 0.258 e. The molecule has 0 radical (unpaired) electrons. The van der Waals surface area contributed by atoms with E-state index in [1.807, 2.05) is 19.1 Å². The molecular formula is C16H17FN2O. The second kappa shape index (κ2) is 6.30. The Morgan fingerprint density at radius 3 is 2.40 bits per heavy atom. The lowest BCUT2D eigenvalue weighted by Crippen LogP contribution is -2.36. The number of benzene rings is 2. The first-order chi connectivity index (χ1) is 9.63. The van der Waals surface area contributed by atoms with Crippen LogP contribution in [0.5, 0.6) is 0 Å². The number of rotatable bonds is 4. The minimum atomic E-state index is -0.429. The van der Waals surface area contributed by atoms with Crippen molar-refractivity contribution in [2.45, 2.75) is 6.92 Å². The second-order valence-electron chi connectivity index (χ2n) is 4.56. The van der Waals surface area contributed by atoms with Crippen molar-refractivity contribution in [3.05, 3.63) is 65.5 Å². The van der Waals surface area contributed by atoms with E-state index in [4.69, 9.17) is 5.73 Å². The molecule has 0 aromatic heterocycles. The summed E-state index contributed by atoms with van der Waals surface area (Å²) >= 11 is 0. The number of nitrogens with zero attached hydrogens (tertiary/aromatic N) is 1. The van der Waals surface area contributed by atoms with E-state index in [0.717, 1.165) is 5.56 Å². The van der Waals surface area contributed by atoms with E-state index in [1.54, 1.807) is 30.3 Å². The second-order valence-corrected chi connectivity index (χ2v) is 4.56. The van der Waals surface area contributed by atoms with Gasteiger partial charge in [0.15, 0.2) is 0 Å². The van der Waals surface area contributed by atoms with Gasteiger partial charge in [-0.25, -0.2) is 4.39 Å². The fraction of sp³-hybridized carbons (Fsp3) is 0.188. The lowest BCUT2D eigenvalue weighted by Gasteiger charge is -2.22. The zero-order valence-corrected chi connectivity index (χ0v) is 11.3. The Morgan fingerprint density at radius 1 is 1.15 bits per heavy atom. The molecule has 0 aliphatic carbocycles. The molecule has 0 spiro atoms. The molecule has 0 saturated heterocycles. The van der Waals surface area contributed by atoms with Crippen molar-refractivity contribution in [3.8, 4) is 0 Å². The summed E-state index contributed by atoms with van der Waals surface area (Å²) in [6.45, 7) is 2.49. The van der Waals surface area contributed by atoms with Crippen LogP contribution in [0.4, 0.5) is 10.1 Å². The Kier molecular flexibility index (Phi) is 4.48. The molecule has 0 atom stereocenters. The fourth-order valence-corrected chi connectivity index (χ4v) is 1.98. The van der Waals surface area contributed by atoms with Gasteiger partial charge in [0.05, 0.1) is 5.69 Å². The molecule has 2 rings (SSSR count). The number of nitrogens with two attached hydrogens (primary N) is 1.